The number of rotatable bonds is 1. The quantitative estimate of drug-likeness (QED) is 0.525. The minimum absolute atomic E-state index is 0.0493. The zero-order chi connectivity index (χ0) is 11.7. The van der Waals surface area contributed by atoms with Crippen LogP contribution in [0.4, 0.5) is 0 Å². The lowest BCUT2D eigenvalue weighted by atomic mass is 9.87. The van der Waals surface area contributed by atoms with Gasteiger partial charge in [-0.25, -0.2) is 0 Å². The normalized spacial score (nSPS) is 16.9. The predicted molar refractivity (Wildman–Crippen MR) is 65.3 cm³/mol. The molecule has 3 nitrogen and oxygen atoms in total. The topological polar surface area (TPSA) is 32.3 Å². The number of amides is 1. The molecule has 1 aliphatic heterocycles. The largest absolute Gasteiger partial charge is 0.383 e. The third kappa shape index (κ3) is 1.96. The highest BCUT2D eigenvalue weighted by Gasteiger charge is 2.20. The van der Waals surface area contributed by atoms with Gasteiger partial charge in [0.25, 0.3) is 5.91 Å². The van der Waals surface area contributed by atoms with E-state index in [4.69, 9.17) is 7.85 Å². The minimum Gasteiger partial charge on any atom is -0.383 e. The number of carbonyl (C=O) groups is 1. The maximum absolute atomic E-state index is 11.8. The van der Waals surface area contributed by atoms with Crippen molar-refractivity contribution in [3.8, 4) is 0 Å². The van der Waals surface area contributed by atoms with Gasteiger partial charge >= 0.3 is 0 Å². The highest BCUT2D eigenvalue weighted by Crippen LogP contribution is 2.22. The van der Waals surface area contributed by atoms with Gasteiger partial charge in [0.1, 0.15) is 7.85 Å². The van der Waals surface area contributed by atoms with E-state index in [1.807, 2.05) is 43.4 Å². The number of hydrogen-bond acceptors (Lipinski definition) is 2. The smallest absolute Gasteiger partial charge is 0.253 e. The minimum atomic E-state index is -0.0493. The van der Waals surface area contributed by atoms with Crippen LogP contribution in [0.25, 0.3) is 5.57 Å². The molecule has 1 N–H and O–H groups in total. The Morgan fingerprint density at radius 3 is 2.88 bits per heavy atom. The van der Waals surface area contributed by atoms with Gasteiger partial charge in [-0.05, 0) is 11.1 Å². The second-order valence-electron chi connectivity index (χ2n) is 4.11. The summed E-state index contributed by atoms with van der Waals surface area (Å²) in [6.07, 6.45) is 1.81. The van der Waals surface area contributed by atoms with E-state index in [9.17, 15) is 4.79 Å². The van der Waals surface area contributed by atoms with Crippen LogP contribution in [-0.4, -0.2) is 32.7 Å². The van der Waals surface area contributed by atoms with Crippen LogP contribution < -0.4 is 10.8 Å². The molecule has 2 rings (SSSR count). The Kier molecular flexibility index (Phi) is 2.73. The van der Waals surface area contributed by atoms with E-state index in [0.717, 1.165) is 11.1 Å². The van der Waals surface area contributed by atoms with E-state index in [-0.39, 0.29) is 5.91 Å². The molecule has 0 unspecified atom stereocenters. The third-order valence-corrected chi connectivity index (χ3v) is 2.50. The van der Waals surface area contributed by atoms with Gasteiger partial charge in [-0.2, -0.15) is 0 Å². The van der Waals surface area contributed by atoms with Crippen LogP contribution in [0.1, 0.15) is 11.1 Å². The lowest BCUT2D eigenvalue weighted by Crippen LogP contribution is -2.31. The summed E-state index contributed by atoms with van der Waals surface area (Å²) in [4.78, 5) is 13.6. The molecular weight excluding hydrogens is 199 g/mol. The van der Waals surface area contributed by atoms with Crippen LogP contribution >= 0.6 is 0 Å². The highest BCUT2D eigenvalue weighted by molar-refractivity contribution is 6.33. The Hall–Kier alpha value is -1.71. The van der Waals surface area contributed by atoms with Gasteiger partial charge < -0.3 is 10.2 Å². The summed E-state index contributed by atoms with van der Waals surface area (Å²) in [5.41, 5.74) is 3.37. The number of fused-ring (bicyclic) bond motifs is 1. The van der Waals surface area contributed by atoms with Crippen LogP contribution in [0.3, 0.4) is 0 Å². The molecule has 0 bridgehead atoms. The summed E-state index contributed by atoms with van der Waals surface area (Å²) >= 11 is 0. The van der Waals surface area contributed by atoms with Crippen molar-refractivity contribution in [2.45, 2.75) is 6.54 Å². The van der Waals surface area contributed by atoms with Crippen molar-refractivity contribution in [2.24, 2.45) is 0 Å². The second kappa shape index (κ2) is 4.04. The van der Waals surface area contributed by atoms with Crippen LogP contribution in [0, 0.1) is 0 Å². The lowest BCUT2D eigenvalue weighted by molar-refractivity contribution is -0.116. The first-order chi connectivity index (χ1) is 7.58. The molecule has 1 amide bonds. The van der Waals surface area contributed by atoms with Crippen LogP contribution in [0.5, 0.6) is 0 Å². The molecule has 0 atom stereocenters. The summed E-state index contributed by atoms with van der Waals surface area (Å²) in [5.74, 6) is -0.0493. The van der Waals surface area contributed by atoms with E-state index in [2.05, 4.69) is 5.32 Å². The Balaban J connectivity index is 2.55. The number of nitrogens with one attached hydrogen (secondary N) is 1. The van der Waals surface area contributed by atoms with Gasteiger partial charge in [0.2, 0.25) is 0 Å². The molecule has 4 heteroatoms. The zero-order valence-corrected chi connectivity index (χ0v) is 9.45. The maximum atomic E-state index is 11.8. The van der Waals surface area contributed by atoms with Gasteiger partial charge in [0.15, 0.2) is 0 Å². The molecule has 1 aromatic carbocycles. The summed E-state index contributed by atoms with van der Waals surface area (Å²) in [6, 6.07) is 5.65. The summed E-state index contributed by atoms with van der Waals surface area (Å²) in [7, 11) is 9.53. The Morgan fingerprint density at radius 2 is 2.19 bits per heavy atom. The second-order valence-corrected chi connectivity index (χ2v) is 4.11. The summed E-state index contributed by atoms with van der Waals surface area (Å²) in [6.45, 7) is 0.569. The van der Waals surface area contributed by atoms with Crippen LogP contribution in [-0.2, 0) is 11.3 Å². The molecule has 2 radical (unpaired) electrons. The molecular formula is C12H13BN2O. The first kappa shape index (κ1) is 10.8. The molecule has 1 aromatic rings. The van der Waals surface area contributed by atoms with Crippen molar-refractivity contribution >= 4 is 24.8 Å². The van der Waals surface area contributed by atoms with Gasteiger partial charge in [-0.15, -0.1) is 0 Å². The SMILES string of the molecule is [B]c1ccc2c(c1)/C(=C\N(C)C)C(=O)NC2. The van der Waals surface area contributed by atoms with E-state index in [0.29, 0.717) is 17.6 Å². The monoisotopic (exact) mass is 212 g/mol. The molecule has 0 fully saturated rings. The molecule has 80 valence electrons. The molecule has 0 aromatic heterocycles. The molecule has 0 saturated heterocycles. The fourth-order valence-corrected chi connectivity index (χ4v) is 1.78. The lowest BCUT2D eigenvalue weighted by Gasteiger charge is -2.21. The standard InChI is InChI=1S/C12H13BN2O/c1-15(2)7-11-10-5-9(13)4-3-8(10)6-14-12(11)16/h3-5,7H,6H2,1-2H3,(H,14,16)/b11-7+. The van der Waals surface area contributed by atoms with Crippen molar-refractivity contribution in [1.29, 1.82) is 0 Å². The van der Waals surface area contributed by atoms with E-state index in [1.165, 1.54) is 0 Å². The Morgan fingerprint density at radius 1 is 1.44 bits per heavy atom. The number of carbonyl (C=O) groups excluding carboxylic acids is 1. The highest BCUT2D eigenvalue weighted by atomic mass is 16.1. The van der Waals surface area contributed by atoms with Crippen molar-refractivity contribution in [3.05, 3.63) is 35.5 Å². The Labute approximate surface area is 96.5 Å². The van der Waals surface area contributed by atoms with Gasteiger partial charge in [-0.1, -0.05) is 23.7 Å². The summed E-state index contributed by atoms with van der Waals surface area (Å²) in [5, 5.41) is 2.84. The van der Waals surface area contributed by atoms with E-state index in [1.54, 1.807) is 0 Å². The fourth-order valence-electron chi connectivity index (χ4n) is 1.78. The summed E-state index contributed by atoms with van der Waals surface area (Å²) < 4.78 is 0. The average molecular weight is 212 g/mol. The molecule has 0 spiro atoms. The average Bonchev–Trinajstić information content (AvgIpc) is 2.22. The van der Waals surface area contributed by atoms with Gasteiger partial charge in [0, 0.05) is 26.8 Å². The van der Waals surface area contributed by atoms with Gasteiger partial charge in [-0.3, -0.25) is 4.79 Å². The van der Waals surface area contributed by atoms with E-state index < -0.39 is 0 Å². The third-order valence-electron chi connectivity index (χ3n) is 2.50. The first-order valence-corrected chi connectivity index (χ1v) is 5.13. The van der Waals surface area contributed by atoms with E-state index >= 15 is 0 Å². The molecule has 16 heavy (non-hydrogen) atoms. The molecule has 0 aliphatic carbocycles. The number of hydrogen-bond donors (Lipinski definition) is 1. The van der Waals surface area contributed by atoms with Crippen LogP contribution in [0.15, 0.2) is 24.4 Å². The first-order valence-electron chi connectivity index (χ1n) is 5.13. The molecule has 1 aliphatic rings. The van der Waals surface area contributed by atoms with Crippen LogP contribution in [0.2, 0.25) is 0 Å². The predicted octanol–water partition coefficient (Wildman–Crippen LogP) is 0.0127. The zero-order valence-electron chi connectivity index (χ0n) is 9.45. The van der Waals surface area contributed by atoms with Crippen molar-refractivity contribution in [3.63, 3.8) is 0 Å². The van der Waals surface area contributed by atoms with Crippen molar-refractivity contribution < 1.29 is 4.79 Å². The Bertz CT molecular complexity index is 466. The van der Waals surface area contributed by atoms with Gasteiger partial charge in [0.05, 0.1) is 5.57 Å². The molecule has 1 heterocycles. The maximum Gasteiger partial charge on any atom is 0.253 e. The van der Waals surface area contributed by atoms with Crippen molar-refractivity contribution in [2.75, 3.05) is 14.1 Å². The fraction of sp³-hybridized carbons (Fsp3) is 0.250. The van der Waals surface area contributed by atoms with Crippen molar-refractivity contribution in [1.82, 2.24) is 10.2 Å². The number of nitrogens with zero attached hydrogens (tertiary/aromatic N) is 1. The number of benzene rings is 1. The molecule has 0 saturated carbocycles.